The second-order valence-corrected chi connectivity index (χ2v) is 3.31. The third-order valence-electron chi connectivity index (χ3n) is 2.41. The third-order valence-corrected chi connectivity index (χ3v) is 2.41. The molecule has 1 unspecified atom stereocenters. The van der Waals surface area contributed by atoms with Crippen LogP contribution < -0.4 is 5.73 Å². The highest BCUT2D eigenvalue weighted by molar-refractivity contribution is 5.73. The summed E-state index contributed by atoms with van der Waals surface area (Å²) in [4.78, 5) is 10.9. The molecular weight excluding hydrogens is 162 g/mol. The van der Waals surface area contributed by atoms with E-state index in [1.807, 2.05) is 30.3 Å². The number of nitrogens with two attached hydrogens (primary N) is 1. The van der Waals surface area contributed by atoms with E-state index in [1.54, 1.807) is 6.08 Å². The Labute approximate surface area is 77.1 Å². The number of hydrogen-bond donors (Lipinski definition) is 1. The zero-order valence-corrected chi connectivity index (χ0v) is 7.23. The van der Waals surface area contributed by atoms with E-state index in [4.69, 9.17) is 5.73 Å². The van der Waals surface area contributed by atoms with Gasteiger partial charge in [0.1, 0.15) is 11.8 Å². The lowest BCUT2D eigenvalue weighted by atomic mass is 9.83. The molecule has 1 aliphatic carbocycles. The molecule has 2 N–H and O–H groups in total. The quantitative estimate of drug-likeness (QED) is 0.511. The molecule has 1 aromatic rings. The topological polar surface area (TPSA) is 43.1 Å². The van der Waals surface area contributed by atoms with Crippen LogP contribution in [0.5, 0.6) is 0 Å². The molecular formula is C11H11NO. The summed E-state index contributed by atoms with van der Waals surface area (Å²) in [5.74, 6) is 0. The minimum atomic E-state index is -0.908. The molecule has 0 heterocycles. The van der Waals surface area contributed by atoms with Crippen molar-refractivity contribution in [3.63, 3.8) is 0 Å². The number of allylic oxidation sites excluding steroid dienone is 1. The van der Waals surface area contributed by atoms with Crippen LogP contribution >= 0.6 is 0 Å². The van der Waals surface area contributed by atoms with Gasteiger partial charge in [-0.3, -0.25) is 0 Å². The number of carbonyl (C=O) groups is 1. The summed E-state index contributed by atoms with van der Waals surface area (Å²) in [6.07, 6.45) is 5.36. The molecule has 0 amide bonds. The lowest BCUT2D eigenvalue weighted by molar-refractivity contribution is -0.111. The molecule has 0 saturated carbocycles. The van der Waals surface area contributed by atoms with Crippen LogP contribution in [-0.4, -0.2) is 6.29 Å². The molecule has 0 saturated heterocycles. The van der Waals surface area contributed by atoms with Crippen LogP contribution in [0.15, 0.2) is 36.4 Å². The van der Waals surface area contributed by atoms with Gasteiger partial charge in [0.15, 0.2) is 0 Å². The Hall–Kier alpha value is -1.41. The number of carbonyl (C=O) groups excluding carboxylic acids is 1. The first-order chi connectivity index (χ1) is 6.26. The normalized spacial score (nSPS) is 25.3. The van der Waals surface area contributed by atoms with Crippen molar-refractivity contribution in [2.75, 3.05) is 0 Å². The van der Waals surface area contributed by atoms with Crippen molar-refractivity contribution in [1.29, 1.82) is 0 Å². The predicted octanol–water partition coefficient (Wildman–Crippen LogP) is 1.15. The summed E-state index contributed by atoms with van der Waals surface area (Å²) in [5.41, 5.74) is 7.07. The van der Waals surface area contributed by atoms with Crippen LogP contribution in [0.25, 0.3) is 0 Å². The second kappa shape index (κ2) is 2.82. The summed E-state index contributed by atoms with van der Waals surface area (Å²) in [5, 5.41) is 0. The van der Waals surface area contributed by atoms with Gasteiger partial charge in [0.05, 0.1) is 0 Å². The second-order valence-electron chi connectivity index (χ2n) is 3.31. The minimum Gasteiger partial charge on any atom is -0.312 e. The van der Waals surface area contributed by atoms with Gasteiger partial charge in [-0.05, 0) is 17.5 Å². The number of fused-ring (bicyclic) bond motifs is 1. The van der Waals surface area contributed by atoms with Crippen molar-refractivity contribution in [1.82, 2.24) is 0 Å². The highest BCUT2D eigenvalue weighted by Crippen LogP contribution is 2.26. The van der Waals surface area contributed by atoms with Gasteiger partial charge >= 0.3 is 0 Å². The summed E-state index contributed by atoms with van der Waals surface area (Å²) < 4.78 is 0. The molecule has 1 aliphatic rings. The Kier molecular flexibility index (Phi) is 1.78. The molecule has 0 fully saturated rings. The van der Waals surface area contributed by atoms with E-state index < -0.39 is 5.54 Å². The van der Waals surface area contributed by atoms with Gasteiger partial charge in [-0.25, -0.2) is 0 Å². The molecule has 0 aliphatic heterocycles. The van der Waals surface area contributed by atoms with E-state index in [-0.39, 0.29) is 0 Å². The smallest absolute Gasteiger partial charge is 0.148 e. The Bertz CT molecular complexity index is 370. The van der Waals surface area contributed by atoms with Gasteiger partial charge in [0.25, 0.3) is 0 Å². The van der Waals surface area contributed by atoms with Crippen LogP contribution in [-0.2, 0) is 16.8 Å². The lowest BCUT2D eigenvalue weighted by Crippen LogP contribution is -2.38. The fraction of sp³-hybridized carbons (Fsp3) is 0.182. The first-order valence-electron chi connectivity index (χ1n) is 4.27. The zero-order chi connectivity index (χ0) is 9.31. The SMILES string of the molecule is NC1(C=O)C=CCc2ccccc21. The summed E-state index contributed by atoms with van der Waals surface area (Å²) >= 11 is 0. The van der Waals surface area contributed by atoms with E-state index >= 15 is 0 Å². The van der Waals surface area contributed by atoms with Crippen LogP contribution in [0.1, 0.15) is 11.1 Å². The highest BCUT2D eigenvalue weighted by atomic mass is 16.1. The Morgan fingerprint density at radius 2 is 2.15 bits per heavy atom. The summed E-state index contributed by atoms with van der Waals surface area (Å²) in [6.45, 7) is 0. The van der Waals surface area contributed by atoms with Crippen LogP contribution in [0.2, 0.25) is 0 Å². The number of hydrogen-bond acceptors (Lipinski definition) is 2. The van der Waals surface area contributed by atoms with Crippen molar-refractivity contribution in [2.24, 2.45) is 5.73 Å². The maximum atomic E-state index is 10.9. The van der Waals surface area contributed by atoms with Crippen LogP contribution in [0, 0.1) is 0 Å². The predicted molar refractivity (Wildman–Crippen MR) is 51.2 cm³/mol. The van der Waals surface area contributed by atoms with Crippen LogP contribution in [0.4, 0.5) is 0 Å². The van der Waals surface area contributed by atoms with E-state index in [2.05, 4.69) is 0 Å². The average molecular weight is 173 g/mol. The molecule has 1 aromatic carbocycles. The third kappa shape index (κ3) is 1.19. The maximum absolute atomic E-state index is 10.9. The van der Waals surface area contributed by atoms with Gasteiger partial charge in [-0.2, -0.15) is 0 Å². The first kappa shape index (κ1) is 8.20. The molecule has 0 aromatic heterocycles. The van der Waals surface area contributed by atoms with Gasteiger partial charge < -0.3 is 10.5 Å². The monoisotopic (exact) mass is 173 g/mol. The molecule has 2 nitrogen and oxygen atoms in total. The van der Waals surface area contributed by atoms with Gasteiger partial charge in [0.2, 0.25) is 0 Å². The molecule has 0 bridgehead atoms. The number of aldehydes is 1. The average Bonchev–Trinajstić information content (AvgIpc) is 2.19. The summed E-state index contributed by atoms with van der Waals surface area (Å²) in [6, 6.07) is 7.78. The standard InChI is InChI=1S/C11H11NO/c12-11(8-13)7-3-5-9-4-1-2-6-10(9)11/h1-4,6-8H,5,12H2. The number of benzene rings is 1. The van der Waals surface area contributed by atoms with E-state index in [0.29, 0.717) is 0 Å². The van der Waals surface area contributed by atoms with Crippen molar-refractivity contribution in [3.05, 3.63) is 47.5 Å². The van der Waals surface area contributed by atoms with Crippen molar-refractivity contribution in [2.45, 2.75) is 12.0 Å². The van der Waals surface area contributed by atoms with Gasteiger partial charge in [-0.1, -0.05) is 36.4 Å². The minimum absolute atomic E-state index is 0.793. The highest BCUT2D eigenvalue weighted by Gasteiger charge is 2.27. The van der Waals surface area contributed by atoms with Crippen molar-refractivity contribution < 1.29 is 4.79 Å². The Morgan fingerprint density at radius 3 is 2.92 bits per heavy atom. The number of rotatable bonds is 1. The molecule has 13 heavy (non-hydrogen) atoms. The Balaban J connectivity index is 2.60. The van der Waals surface area contributed by atoms with Crippen molar-refractivity contribution in [3.8, 4) is 0 Å². The maximum Gasteiger partial charge on any atom is 0.148 e. The van der Waals surface area contributed by atoms with E-state index in [9.17, 15) is 4.79 Å². The van der Waals surface area contributed by atoms with Gasteiger partial charge in [0, 0.05) is 0 Å². The van der Waals surface area contributed by atoms with Crippen LogP contribution in [0.3, 0.4) is 0 Å². The lowest BCUT2D eigenvalue weighted by Gasteiger charge is -2.25. The molecule has 1 atom stereocenters. The molecule has 0 spiro atoms. The first-order valence-corrected chi connectivity index (χ1v) is 4.27. The van der Waals surface area contributed by atoms with Crippen molar-refractivity contribution >= 4 is 6.29 Å². The fourth-order valence-corrected chi connectivity index (χ4v) is 1.69. The summed E-state index contributed by atoms with van der Waals surface area (Å²) in [7, 11) is 0. The van der Waals surface area contributed by atoms with E-state index in [0.717, 1.165) is 23.8 Å². The zero-order valence-electron chi connectivity index (χ0n) is 7.23. The fourth-order valence-electron chi connectivity index (χ4n) is 1.69. The molecule has 66 valence electrons. The van der Waals surface area contributed by atoms with E-state index in [1.165, 1.54) is 0 Å². The molecule has 0 radical (unpaired) electrons. The largest absolute Gasteiger partial charge is 0.312 e. The molecule has 2 rings (SSSR count). The Morgan fingerprint density at radius 1 is 1.38 bits per heavy atom. The van der Waals surface area contributed by atoms with Gasteiger partial charge in [-0.15, -0.1) is 0 Å². The molecule has 2 heteroatoms.